The molecule has 0 heterocycles. The van der Waals surface area contributed by atoms with Gasteiger partial charge in [-0.2, -0.15) is 18.1 Å². The van der Waals surface area contributed by atoms with Crippen LogP contribution in [-0.4, -0.2) is 32.7 Å². The highest BCUT2D eigenvalue weighted by molar-refractivity contribution is 7.39. The summed E-state index contributed by atoms with van der Waals surface area (Å²) in [6.45, 7) is 0. The molecule has 31 heavy (non-hydrogen) atoms. The fourth-order valence-electron chi connectivity index (χ4n) is 3.22. The van der Waals surface area contributed by atoms with Gasteiger partial charge in [-0.1, -0.05) is 36.4 Å². The Bertz CT molecular complexity index is 938. The van der Waals surface area contributed by atoms with Crippen LogP contribution in [0.1, 0.15) is 30.0 Å². The molecule has 0 bridgehead atoms. The molecule has 0 saturated heterocycles. The molecule has 2 rings (SSSR count). The molecule has 0 aliphatic carbocycles. The fourth-order valence-corrected chi connectivity index (χ4v) is 4.31. The number of benzene rings is 2. The van der Waals surface area contributed by atoms with E-state index in [0.717, 1.165) is 18.2 Å². The second-order valence-electron chi connectivity index (χ2n) is 6.78. The van der Waals surface area contributed by atoms with Crippen LogP contribution in [0.2, 0.25) is 0 Å². The van der Waals surface area contributed by atoms with Crippen LogP contribution in [-0.2, 0) is 20.3 Å². The fraction of sp³-hybridized carbons (Fsp3) is 0.300. The minimum absolute atomic E-state index is 0.0344. The summed E-state index contributed by atoms with van der Waals surface area (Å²) in [5.41, 5.74) is -2.13. The number of nitrogens with one attached hydrogen (secondary N) is 1. The zero-order chi connectivity index (χ0) is 23.2. The minimum atomic E-state index is -4.62. The van der Waals surface area contributed by atoms with Gasteiger partial charge in [-0.3, -0.25) is 9.59 Å². The molecule has 0 radical (unpaired) electrons. The van der Waals surface area contributed by atoms with Gasteiger partial charge in [0.15, 0.2) is 0 Å². The number of carboxylic acid groups (broad SMARTS) is 2. The Balaban J connectivity index is 2.52. The molecule has 0 amide bonds. The van der Waals surface area contributed by atoms with Crippen molar-refractivity contribution in [2.24, 2.45) is 5.92 Å². The Labute approximate surface area is 176 Å². The summed E-state index contributed by atoms with van der Waals surface area (Å²) in [4.78, 5) is 32.7. The van der Waals surface area contributed by atoms with Gasteiger partial charge in [0.2, 0.25) is 5.66 Å². The predicted octanol–water partition coefficient (Wildman–Crippen LogP) is 4.53. The first-order chi connectivity index (χ1) is 14.5. The number of carbonyl (C=O) groups is 2. The smallest absolute Gasteiger partial charge is 0.481 e. The Kier molecular flexibility index (Phi) is 8.13. The van der Waals surface area contributed by atoms with Gasteiger partial charge in [0.25, 0.3) is 0 Å². The molecular weight excluding hydrogens is 438 g/mol. The van der Waals surface area contributed by atoms with Gasteiger partial charge in [0, 0.05) is 12.1 Å². The monoisotopic (exact) mass is 458 g/mol. The van der Waals surface area contributed by atoms with Crippen molar-refractivity contribution in [1.82, 2.24) is 0 Å². The Morgan fingerprint density at radius 2 is 1.68 bits per heavy atom. The van der Waals surface area contributed by atoms with Crippen molar-refractivity contribution in [2.45, 2.75) is 30.7 Å². The van der Waals surface area contributed by atoms with Crippen molar-refractivity contribution in [1.29, 1.82) is 0 Å². The molecule has 11 heteroatoms. The zero-order valence-corrected chi connectivity index (χ0v) is 16.9. The van der Waals surface area contributed by atoms with E-state index in [0.29, 0.717) is 5.56 Å². The molecule has 0 aromatic heterocycles. The summed E-state index contributed by atoms with van der Waals surface area (Å²) >= 11 is 0. The van der Waals surface area contributed by atoms with Gasteiger partial charge in [-0.15, -0.1) is 0 Å². The van der Waals surface area contributed by atoms with Crippen LogP contribution in [0.4, 0.5) is 18.9 Å². The summed E-state index contributed by atoms with van der Waals surface area (Å²) in [5.74, 6) is -4.29. The van der Waals surface area contributed by atoms with Gasteiger partial charge in [0.05, 0.1) is 5.56 Å². The standard InChI is InChI=1S/C20H19F3NO6P/c21-20(22,23)13-7-4-8-14(11-13)24-17(12-5-2-1-3-6-12)18(31(29)30)15(19(27)28)9-10-16(25)26/h1-8,11,15,17-18,24H,9-10H2,(H2-,25,26,27,28,29,30)/p+1. The first-order valence-corrected chi connectivity index (χ1v) is 10.4. The van der Waals surface area contributed by atoms with Crippen molar-refractivity contribution in [3.8, 4) is 0 Å². The van der Waals surface area contributed by atoms with Crippen LogP contribution in [0.25, 0.3) is 0 Å². The van der Waals surface area contributed by atoms with Crippen molar-refractivity contribution >= 4 is 25.7 Å². The molecule has 166 valence electrons. The molecule has 0 aliphatic heterocycles. The van der Waals surface area contributed by atoms with Gasteiger partial charge in [-0.25, -0.2) is 0 Å². The molecular formula is C20H20F3NO6P+. The summed E-state index contributed by atoms with van der Waals surface area (Å²) in [6.07, 6.45) is -5.60. The highest BCUT2D eigenvalue weighted by atomic mass is 31.1. The average Bonchev–Trinajstić information content (AvgIpc) is 2.69. The maximum Gasteiger partial charge on any atom is 0.512 e. The second kappa shape index (κ2) is 10.4. The topological polar surface area (TPSA) is 124 Å². The minimum Gasteiger partial charge on any atom is -0.481 e. The van der Waals surface area contributed by atoms with Crippen LogP contribution in [0.15, 0.2) is 54.6 Å². The van der Waals surface area contributed by atoms with Crippen LogP contribution in [0, 0.1) is 5.92 Å². The number of carboxylic acids is 2. The summed E-state index contributed by atoms with van der Waals surface area (Å²) in [7, 11) is -3.16. The lowest BCUT2D eigenvalue weighted by molar-refractivity contribution is -0.143. The lowest BCUT2D eigenvalue weighted by atomic mass is 9.90. The quantitative estimate of drug-likeness (QED) is 0.386. The Morgan fingerprint density at radius 3 is 2.19 bits per heavy atom. The van der Waals surface area contributed by atoms with Gasteiger partial charge in [0.1, 0.15) is 12.0 Å². The number of anilines is 1. The third kappa shape index (κ3) is 6.77. The molecule has 2 aromatic carbocycles. The van der Waals surface area contributed by atoms with E-state index in [1.807, 2.05) is 0 Å². The Morgan fingerprint density at radius 1 is 1.03 bits per heavy atom. The Hall–Kier alpha value is -2.97. The normalized spacial score (nSPS) is 14.9. The average molecular weight is 458 g/mol. The lowest BCUT2D eigenvalue weighted by Crippen LogP contribution is -2.35. The van der Waals surface area contributed by atoms with Crippen molar-refractivity contribution in [3.63, 3.8) is 0 Å². The number of halogens is 3. The highest BCUT2D eigenvalue weighted by Crippen LogP contribution is 2.43. The van der Waals surface area contributed by atoms with E-state index in [1.165, 1.54) is 18.2 Å². The molecule has 0 saturated carbocycles. The van der Waals surface area contributed by atoms with Crippen molar-refractivity contribution < 1.29 is 42.4 Å². The predicted molar refractivity (Wildman–Crippen MR) is 106 cm³/mol. The molecule has 4 atom stereocenters. The SMILES string of the molecule is O=C(O)CCC(C(=O)O)C(C(Nc1cccc(C(F)(F)F)c1)c1ccccc1)[P+](=O)O. The van der Waals surface area contributed by atoms with Crippen LogP contribution < -0.4 is 5.32 Å². The highest BCUT2D eigenvalue weighted by Gasteiger charge is 2.48. The maximum atomic E-state index is 13.1. The van der Waals surface area contributed by atoms with E-state index in [1.54, 1.807) is 18.2 Å². The van der Waals surface area contributed by atoms with E-state index >= 15 is 0 Å². The summed E-state index contributed by atoms with van der Waals surface area (Å²) in [5, 5.41) is 21.3. The lowest BCUT2D eigenvalue weighted by Gasteiger charge is -2.26. The van der Waals surface area contributed by atoms with E-state index in [9.17, 15) is 37.3 Å². The summed E-state index contributed by atoms with van der Waals surface area (Å²) in [6, 6.07) is 10.9. The molecule has 0 spiro atoms. The zero-order valence-electron chi connectivity index (χ0n) is 16.0. The number of aliphatic carboxylic acids is 2. The molecule has 2 aromatic rings. The molecule has 4 unspecified atom stereocenters. The number of alkyl halides is 3. The van der Waals surface area contributed by atoms with Gasteiger partial charge in [-0.05, 0) is 34.7 Å². The first kappa shape index (κ1) is 24.3. The number of rotatable bonds is 10. The van der Waals surface area contributed by atoms with E-state index in [-0.39, 0.29) is 5.69 Å². The van der Waals surface area contributed by atoms with Gasteiger partial charge < -0.3 is 15.5 Å². The number of hydrogen-bond acceptors (Lipinski definition) is 4. The third-order valence-electron chi connectivity index (χ3n) is 4.67. The molecule has 0 fully saturated rings. The van der Waals surface area contributed by atoms with Crippen molar-refractivity contribution in [2.75, 3.05) is 5.32 Å². The van der Waals surface area contributed by atoms with E-state index < -0.39 is 62.2 Å². The largest absolute Gasteiger partial charge is 0.512 e. The first-order valence-electron chi connectivity index (χ1n) is 9.09. The van der Waals surface area contributed by atoms with Gasteiger partial charge >= 0.3 is 26.1 Å². The maximum absolute atomic E-state index is 13.1. The number of hydrogen-bond donors (Lipinski definition) is 4. The summed E-state index contributed by atoms with van der Waals surface area (Å²) < 4.78 is 51.5. The second-order valence-corrected chi connectivity index (χ2v) is 7.98. The third-order valence-corrected chi connectivity index (χ3v) is 5.83. The molecule has 7 nitrogen and oxygen atoms in total. The van der Waals surface area contributed by atoms with E-state index in [2.05, 4.69) is 5.32 Å². The van der Waals surface area contributed by atoms with Crippen LogP contribution >= 0.6 is 8.03 Å². The van der Waals surface area contributed by atoms with Crippen LogP contribution in [0.3, 0.4) is 0 Å². The molecule has 0 aliphatic rings. The van der Waals surface area contributed by atoms with Crippen molar-refractivity contribution in [3.05, 3.63) is 65.7 Å². The van der Waals surface area contributed by atoms with E-state index in [4.69, 9.17) is 5.11 Å². The van der Waals surface area contributed by atoms with Crippen LogP contribution in [0.5, 0.6) is 0 Å². The molecule has 4 N–H and O–H groups in total.